The zero-order valence-corrected chi connectivity index (χ0v) is 22.7. The lowest BCUT2D eigenvalue weighted by Crippen LogP contribution is -2.64. The molecule has 5 nitrogen and oxygen atoms in total. The van der Waals surface area contributed by atoms with Crippen molar-refractivity contribution < 1.29 is 24.5 Å². The number of allylic oxidation sites excluding steroid dienone is 4. The number of ether oxygens (including phenoxy) is 2. The van der Waals surface area contributed by atoms with Gasteiger partial charge in [0, 0.05) is 5.41 Å². The summed E-state index contributed by atoms with van der Waals surface area (Å²) in [7, 11) is 0. The minimum Gasteiger partial charge on any atom is -0.453 e. The molecule has 8 atom stereocenters. The Hall–Kier alpha value is -1.17. The summed E-state index contributed by atoms with van der Waals surface area (Å²) in [6.07, 6.45) is 10.1. The standard InChI is InChI=1S/C30H44O5/c1-24(2)13-12-22(34-24)28(7)30(33)17-16-27(6)19-8-9-20-25(3,4)21(31)11-14-26(20,5)18(19)10-15-29(27,30)23(32)35-28/h8,10,20-22,31,33H,9,11-17H2,1-7H3/t20?,21-,22-,26+,27?,28?,29+,30?/m0/s1. The maximum absolute atomic E-state index is 14.0. The summed E-state index contributed by atoms with van der Waals surface area (Å²) in [6, 6.07) is 0. The van der Waals surface area contributed by atoms with Crippen LogP contribution in [0.3, 0.4) is 0 Å². The fourth-order valence-corrected chi connectivity index (χ4v) is 9.98. The third-order valence-electron chi connectivity index (χ3n) is 12.3. The largest absolute Gasteiger partial charge is 0.453 e. The summed E-state index contributed by atoms with van der Waals surface area (Å²) >= 11 is 0. The van der Waals surface area contributed by atoms with Crippen molar-refractivity contribution in [2.24, 2.45) is 27.6 Å². The van der Waals surface area contributed by atoms with E-state index in [2.05, 4.69) is 53.7 Å². The van der Waals surface area contributed by atoms with E-state index in [1.807, 2.05) is 6.92 Å². The van der Waals surface area contributed by atoms with Crippen LogP contribution in [0.5, 0.6) is 0 Å². The molecule has 1 spiro atoms. The maximum atomic E-state index is 14.0. The van der Waals surface area contributed by atoms with Crippen LogP contribution in [-0.2, 0) is 14.3 Å². The number of carbonyl (C=O) groups excluding carboxylic acids is 1. The molecule has 194 valence electrons. The van der Waals surface area contributed by atoms with Crippen LogP contribution in [0.2, 0.25) is 0 Å². The fourth-order valence-electron chi connectivity index (χ4n) is 9.98. The average molecular weight is 485 g/mol. The van der Waals surface area contributed by atoms with Gasteiger partial charge in [0.05, 0.1) is 11.7 Å². The lowest BCUT2D eigenvalue weighted by atomic mass is 9.43. The molecule has 0 aromatic carbocycles. The number of aliphatic hydroxyl groups is 2. The Morgan fingerprint density at radius 3 is 2.29 bits per heavy atom. The number of carbonyl (C=O) groups is 1. The van der Waals surface area contributed by atoms with Crippen LogP contribution in [-0.4, -0.2) is 45.2 Å². The van der Waals surface area contributed by atoms with Crippen molar-refractivity contribution in [3.05, 3.63) is 23.3 Å². The second-order valence-electron chi connectivity index (χ2n) is 14.5. The molecule has 0 amide bonds. The zero-order chi connectivity index (χ0) is 25.4. The van der Waals surface area contributed by atoms with Gasteiger partial charge >= 0.3 is 5.97 Å². The molecule has 4 unspecified atom stereocenters. The Kier molecular flexibility index (Phi) is 4.58. The van der Waals surface area contributed by atoms with Crippen LogP contribution in [0.15, 0.2) is 23.3 Å². The average Bonchev–Trinajstić information content (AvgIpc) is 3.32. The maximum Gasteiger partial charge on any atom is 0.317 e. The van der Waals surface area contributed by atoms with Gasteiger partial charge in [0.15, 0.2) is 5.60 Å². The molecule has 2 saturated heterocycles. The van der Waals surface area contributed by atoms with Crippen LogP contribution in [0, 0.1) is 27.6 Å². The number of rotatable bonds is 1. The molecule has 6 rings (SSSR count). The van der Waals surface area contributed by atoms with Gasteiger partial charge in [-0.3, -0.25) is 4.79 Å². The molecule has 5 heteroatoms. The summed E-state index contributed by atoms with van der Waals surface area (Å²) in [5, 5.41) is 23.4. The number of hydrogen-bond acceptors (Lipinski definition) is 5. The first kappa shape index (κ1) is 24.2. The van der Waals surface area contributed by atoms with Gasteiger partial charge in [-0.05, 0) is 100 Å². The molecule has 0 radical (unpaired) electrons. The van der Waals surface area contributed by atoms with Gasteiger partial charge in [-0.2, -0.15) is 0 Å². The summed E-state index contributed by atoms with van der Waals surface area (Å²) in [5.41, 5.74) is -1.69. The van der Waals surface area contributed by atoms with Crippen LogP contribution < -0.4 is 0 Å². The first-order valence-corrected chi connectivity index (χ1v) is 13.8. The lowest BCUT2D eigenvalue weighted by molar-refractivity contribution is -0.201. The van der Waals surface area contributed by atoms with E-state index in [4.69, 9.17) is 9.47 Å². The van der Waals surface area contributed by atoms with Crippen molar-refractivity contribution in [3.8, 4) is 0 Å². The number of fused-ring (bicyclic) bond motifs is 4. The minimum atomic E-state index is -1.28. The molecule has 0 aromatic heterocycles. The first-order valence-electron chi connectivity index (χ1n) is 13.8. The third kappa shape index (κ3) is 2.50. The number of cyclic esters (lactones) is 1. The Morgan fingerprint density at radius 2 is 1.63 bits per heavy atom. The lowest BCUT2D eigenvalue weighted by Gasteiger charge is -2.60. The molecule has 6 aliphatic rings. The molecule has 35 heavy (non-hydrogen) atoms. The molecule has 2 N–H and O–H groups in total. The molecule has 2 heterocycles. The molecular weight excluding hydrogens is 440 g/mol. The predicted octanol–water partition coefficient (Wildman–Crippen LogP) is 5.24. The molecule has 2 aliphatic heterocycles. The van der Waals surface area contributed by atoms with Crippen LogP contribution >= 0.6 is 0 Å². The highest BCUT2D eigenvalue weighted by Gasteiger charge is 2.84. The Balaban J connectivity index is 1.46. The number of hydrogen-bond donors (Lipinski definition) is 2. The van der Waals surface area contributed by atoms with E-state index in [1.165, 1.54) is 11.1 Å². The van der Waals surface area contributed by atoms with E-state index in [-0.39, 0.29) is 34.6 Å². The summed E-state index contributed by atoms with van der Waals surface area (Å²) in [4.78, 5) is 14.0. The van der Waals surface area contributed by atoms with Gasteiger partial charge in [0.1, 0.15) is 17.1 Å². The van der Waals surface area contributed by atoms with E-state index < -0.39 is 22.0 Å². The predicted molar refractivity (Wildman–Crippen MR) is 133 cm³/mol. The number of aliphatic hydroxyl groups excluding tert-OH is 1. The van der Waals surface area contributed by atoms with Crippen LogP contribution in [0.1, 0.15) is 99.8 Å². The number of esters is 1. The normalized spacial score (nSPS) is 53.6. The van der Waals surface area contributed by atoms with Crippen molar-refractivity contribution in [1.29, 1.82) is 0 Å². The van der Waals surface area contributed by atoms with Gasteiger partial charge in [-0.1, -0.05) is 39.8 Å². The van der Waals surface area contributed by atoms with E-state index in [0.29, 0.717) is 18.8 Å². The van der Waals surface area contributed by atoms with Gasteiger partial charge in [-0.25, -0.2) is 0 Å². The monoisotopic (exact) mass is 484 g/mol. The van der Waals surface area contributed by atoms with Gasteiger partial charge in [0.25, 0.3) is 0 Å². The summed E-state index contributed by atoms with van der Waals surface area (Å²) in [6.45, 7) is 15.1. The van der Waals surface area contributed by atoms with Crippen LogP contribution in [0.4, 0.5) is 0 Å². The zero-order valence-electron chi connectivity index (χ0n) is 22.7. The highest BCUT2D eigenvalue weighted by atomic mass is 16.6. The summed E-state index contributed by atoms with van der Waals surface area (Å²) < 4.78 is 12.7. The Morgan fingerprint density at radius 1 is 0.914 bits per heavy atom. The first-order chi connectivity index (χ1) is 16.1. The van der Waals surface area contributed by atoms with Gasteiger partial charge < -0.3 is 19.7 Å². The second-order valence-corrected chi connectivity index (χ2v) is 14.5. The molecule has 4 fully saturated rings. The highest BCUT2D eigenvalue weighted by Crippen LogP contribution is 2.76. The molecular formula is C30H44O5. The second kappa shape index (κ2) is 6.63. The topological polar surface area (TPSA) is 76.0 Å². The van der Waals surface area contributed by atoms with Gasteiger partial charge in [-0.15, -0.1) is 0 Å². The van der Waals surface area contributed by atoms with E-state index in [1.54, 1.807) is 0 Å². The Labute approximate surface area is 210 Å². The SMILES string of the molecule is CC1(C)CC[C@@H](C2(C)OC(=O)[C@]34CC=C5C(=CCC6C(C)(C)[C@@H](O)CC[C@]56C)C3(C)CCC24O)O1. The molecule has 2 saturated carbocycles. The van der Waals surface area contributed by atoms with E-state index >= 15 is 0 Å². The highest BCUT2D eigenvalue weighted by molar-refractivity contribution is 5.87. The molecule has 0 aromatic rings. The van der Waals surface area contributed by atoms with E-state index in [9.17, 15) is 15.0 Å². The van der Waals surface area contributed by atoms with Crippen molar-refractivity contribution in [1.82, 2.24) is 0 Å². The summed E-state index contributed by atoms with van der Waals surface area (Å²) in [5.74, 6) is 0.0975. The van der Waals surface area contributed by atoms with Crippen molar-refractivity contribution in [3.63, 3.8) is 0 Å². The van der Waals surface area contributed by atoms with Crippen LogP contribution in [0.25, 0.3) is 0 Å². The quantitative estimate of drug-likeness (QED) is 0.498. The smallest absolute Gasteiger partial charge is 0.317 e. The van der Waals surface area contributed by atoms with Crippen molar-refractivity contribution in [2.45, 2.75) is 129 Å². The Bertz CT molecular complexity index is 1050. The molecule has 4 aliphatic carbocycles. The van der Waals surface area contributed by atoms with E-state index in [0.717, 1.165) is 38.5 Å². The fraction of sp³-hybridized carbons (Fsp3) is 0.833. The minimum absolute atomic E-state index is 0.0391. The molecule has 0 bridgehead atoms. The van der Waals surface area contributed by atoms with Crippen molar-refractivity contribution >= 4 is 5.97 Å². The van der Waals surface area contributed by atoms with Crippen molar-refractivity contribution in [2.75, 3.05) is 0 Å². The third-order valence-corrected chi connectivity index (χ3v) is 12.3. The van der Waals surface area contributed by atoms with Gasteiger partial charge in [0.2, 0.25) is 0 Å².